The zero-order chi connectivity index (χ0) is 53.4. The first-order valence-electron chi connectivity index (χ1n) is 23.5. The summed E-state index contributed by atoms with van der Waals surface area (Å²) >= 11 is 3.21. The van der Waals surface area contributed by atoms with Crippen molar-refractivity contribution in [3.8, 4) is 45.0 Å². The molecule has 0 aliphatic rings. The van der Waals surface area contributed by atoms with E-state index in [9.17, 15) is 27.2 Å². The molecule has 0 radical (unpaired) electrons. The normalized spacial score (nSPS) is 10.6. The van der Waals surface area contributed by atoms with Gasteiger partial charge >= 0.3 is 0 Å². The number of rotatable bonds is 10. The summed E-state index contributed by atoms with van der Waals surface area (Å²) in [5.74, 6) is -2.75. The van der Waals surface area contributed by atoms with Crippen molar-refractivity contribution in [3.63, 3.8) is 0 Å². The van der Waals surface area contributed by atoms with E-state index < -0.39 is 31.2 Å². The van der Waals surface area contributed by atoms with Gasteiger partial charge in [-0.3, -0.25) is 9.59 Å². The highest BCUT2D eigenvalue weighted by Crippen LogP contribution is 2.32. The van der Waals surface area contributed by atoms with E-state index in [-0.39, 0.29) is 35.4 Å². The topological polar surface area (TPSA) is 127 Å². The molecule has 9 nitrogen and oxygen atoms in total. The number of benzene rings is 7. The summed E-state index contributed by atoms with van der Waals surface area (Å²) in [7, 11) is -0.446. The van der Waals surface area contributed by atoms with Gasteiger partial charge in [-0.2, -0.15) is 10.2 Å². The lowest BCUT2D eigenvalue weighted by Gasteiger charge is -2.18. The zero-order valence-electron chi connectivity index (χ0n) is 40.9. The van der Waals surface area contributed by atoms with Crippen LogP contribution >= 0.6 is 30.6 Å². The van der Waals surface area contributed by atoms with Crippen molar-refractivity contribution in [2.45, 2.75) is 27.0 Å². The largest absolute Gasteiger partial charge is 0.392 e. The van der Waals surface area contributed by atoms with Crippen LogP contribution in [0.2, 0.25) is 0 Å². The van der Waals surface area contributed by atoms with Gasteiger partial charge in [-0.1, -0.05) is 127 Å². The molecule has 4 heterocycles. The van der Waals surface area contributed by atoms with Crippen molar-refractivity contribution in [2.24, 2.45) is 0 Å². The number of aliphatic hydroxyl groups is 1. The molecule has 0 spiro atoms. The molecule has 11 rings (SSSR count). The van der Waals surface area contributed by atoms with E-state index in [0.29, 0.717) is 11.4 Å². The SMILES string of the molecule is Cc1nc(-c2cccc(CO)c2)cs1.Cc1nc(-c2cccc(Cn3nc(-c4cc(F)cc(F)c4)ccc3=O)c2)cs1.O=c1ccc(-c2cc(F)cc(F)c2)n[nH]1.c1ccc(P(c2ccccc2)c2ccccc2)cc1. The van der Waals surface area contributed by atoms with E-state index in [4.69, 9.17) is 5.11 Å². The van der Waals surface area contributed by atoms with Crippen LogP contribution in [0.3, 0.4) is 0 Å². The van der Waals surface area contributed by atoms with Gasteiger partial charge in [-0.15, -0.1) is 22.7 Å². The van der Waals surface area contributed by atoms with E-state index in [2.05, 4.69) is 116 Å². The van der Waals surface area contributed by atoms with Crippen molar-refractivity contribution in [2.75, 3.05) is 0 Å². The molecule has 0 fully saturated rings. The molecule has 380 valence electrons. The molecule has 0 saturated carbocycles. The van der Waals surface area contributed by atoms with Crippen LogP contribution in [0.1, 0.15) is 21.1 Å². The Bertz CT molecular complexity index is 3630. The number of aromatic amines is 1. The zero-order valence-corrected chi connectivity index (χ0v) is 43.4. The molecule has 16 heteroatoms. The summed E-state index contributed by atoms with van der Waals surface area (Å²) in [4.78, 5) is 31.8. The third kappa shape index (κ3) is 15.1. The average molecular weight is 1070 g/mol. The van der Waals surface area contributed by atoms with Gasteiger partial charge in [-0.25, -0.2) is 37.3 Å². The predicted octanol–water partition coefficient (Wildman–Crippen LogP) is 12.4. The van der Waals surface area contributed by atoms with Crippen LogP contribution in [-0.4, -0.2) is 35.1 Å². The number of hydrogen-bond donors (Lipinski definition) is 2. The molecule has 7 aromatic carbocycles. The minimum atomic E-state index is -0.694. The summed E-state index contributed by atoms with van der Waals surface area (Å²) in [5.41, 5.74) is 6.23. The first-order valence-corrected chi connectivity index (χ1v) is 26.6. The highest BCUT2D eigenvalue weighted by atomic mass is 32.1. The Labute approximate surface area is 445 Å². The maximum Gasteiger partial charge on any atom is 0.267 e. The molecule has 0 aliphatic carbocycles. The highest BCUT2D eigenvalue weighted by Gasteiger charge is 2.15. The molecule has 0 aliphatic heterocycles. The van der Waals surface area contributed by atoms with E-state index in [1.54, 1.807) is 22.7 Å². The fourth-order valence-electron chi connectivity index (χ4n) is 7.63. The van der Waals surface area contributed by atoms with Gasteiger partial charge in [0.1, 0.15) is 23.3 Å². The number of aryl methyl sites for hydroxylation is 2. The number of H-pyrrole nitrogens is 1. The molecule has 4 aromatic heterocycles. The van der Waals surface area contributed by atoms with Crippen molar-refractivity contribution in [3.05, 3.63) is 276 Å². The Balaban J connectivity index is 0.000000140. The van der Waals surface area contributed by atoms with Crippen molar-refractivity contribution in [1.29, 1.82) is 0 Å². The lowest BCUT2D eigenvalue weighted by atomic mass is 10.1. The Morgan fingerprint density at radius 2 is 0.934 bits per heavy atom. The van der Waals surface area contributed by atoms with Crippen LogP contribution in [-0.2, 0) is 13.2 Å². The van der Waals surface area contributed by atoms with Gasteiger partial charge in [0.2, 0.25) is 0 Å². The number of aliphatic hydroxyl groups excluding tert-OH is 1. The molecular formula is C60H47F4N6O3PS2. The number of thiazole rings is 2. The summed E-state index contributed by atoms with van der Waals surface area (Å²) in [6.45, 7) is 4.25. The molecular weight excluding hydrogens is 1020 g/mol. The van der Waals surface area contributed by atoms with Gasteiger partial charge in [0.25, 0.3) is 11.1 Å². The molecule has 76 heavy (non-hydrogen) atoms. The standard InChI is InChI=1S/C21H15F2N3OS.C18H15P.C11H11NOS.C10H6F2N2O/c1-13-24-20(12-28-13)15-4-2-3-14(7-15)11-26-21(27)6-5-19(25-26)16-8-17(22)10-18(23)9-16;1-4-10-16(11-5-1)19(17-12-6-2-7-13-17)18-14-8-3-9-15-18;1-8-12-11(7-14-8)10-4-2-3-9(5-10)6-13;11-7-3-6(4-8(12)5-7)9-1-2-10(15)14-13-9/h2-10,12H,11H2,1H3;1-15H;2-5,7,13H,6H2,1H3;1-5H,(H,14,15). The minimum absolute atomic E-state index is 0.0803. The van der Waals surface area contributed by atoms with E-state index in [0.717, 1.165) is 67.9 Å². The van der Waals surface area contributed by atoms with Gasteiger partial charge < -0.3 is 5.11 Å². The Morgan fingerprint density at radius 3 is 1.37 bits per heavy atom. The molecule has 0 saturated heterocycles. The Hall–Kier alpha value is -8.33. The number of nitrogens with one attached hydrogen (secondary N) is 1. The first kappa shape index (κ1) is 53.9. The summed E-state index contributed by atoms with van der Waals surface area (Å²) < 4.78 is 54.0. The third-order valence-electron chi connectivity index (χ3n) is 11.1. The maximum absolute atomic E-state index is 13.5. The fraction of sp³-hybridized carbons (Fsp3) is 0.0667. The number of hydrogen-bond acceptors (Lipinski definition) is 9. The predicted molar refractivity (Wildman–Crippen MR) is 299 cm³/mol. The lowest BCUT2D eigenvalue weighted by molar-refractivity contribution is 0.282. The molecule has 11 aromatic rings. The highest BCUT2D eigenvalue weighted by molar-refractivity contribution is 7.79. The monoisotopic (exact) mass is 1070 g/mol. The molecule has 0 bridgehead atoms. The van der Waals surface area contributed by atoms with Crippen LogP contribution < -0.4 is 27.0 Å². The maximum atomic E-state index is 13.5. The summed E-state index contributed by atoms with van der Waals surface area (Å²) in [5, 5.41) is 29.4. The summed E-state index contributed by atoms with van der Waals surface area (Å²) in [6, 6.07) is 59.5. The minimum Gasteiger partial charge on any atom is -0.392 e. The first-order chi connectivity index (χ1) is 36.9. The second kappa shape index (κ2) is 26.2. The average Bonchev–Trinajstić information content (AvgIpc) is 4.09. The third-order valence-corrected chi connectivity index (χ3v) is 15.1. The van der Waals surface area contributed by atoms with Crippen LogP contribution in [0.5, 0.6) is 0 Å². The van der Waals surface area contributed by atoms with Crippen LogP contribution in [0.25, 0.3) is 45.0 Å². The molecule has 0 atom stereocenters. The molecule has 2 N–H and O–H groups in total. The van der Waals surface area contributed by atoms with Crippen LogP contribution in [0, 0.1) is 37.1 Å². The second-order valence-corrected chi connectivity index (χ2v) is 21.1. The van der Waals surface area contributed by atoms with Gasteiger partial charge in [-0.05, 0) is 97.3 Å². The van der Waals surface area contributed by atoms with Crippen LogP contribution in [0.15, 0.2) is 221 Å². The van der Waals surface area contributed by atoms with E-state index >= 15 is 0 Å². The Kier molecular flexibility index (Phi) is 18.6. The molecule has 0 unspecified atom stereocenters. The quantitative estimate of drug-likeness (QED) is 0.103. The lowest BCUT2D eigenvalue weighted by Crippen LogP contribution is -2.22. The fourth-order valence-corrected chi connectivity index (χ4v) is 11.2. The number of nitrogens with zero attached hydrogens (tertiary/aromatic N) is 5. The molecule has 0 amide bonds. The van der Waals surface area contributed by atoms with Gasteiger partial charge in [0.05, 0.1) is 45.9 Å². The van der Waals surface area contributed by atoms with E-state index in [1.807, 2.05) is 73.1 Å². The van der Waals surface area contributed by atoms with Gasteiger partial charge in [0, 0.05) is 57.3 Å². The Morgan fingerprint density at radius 1 is 0.487 bits per heavy atom. The van der Waals surface area contributed by atoms with E-state index in [1.165, 1.54) is 57.0 Å². The van der Waals surface area contributed by atoms with Crippen molar-refractivity contribution in [1.82, 2.24) is 29.9 Å². The number of aromatic nitrogens is 6. The van der Waals surface area contributed by atoms with Gasteiger partial charge in [0.15, 0.2) is 0 Å². The second-order valence-electron chi connectivity index (χ2n) is 16.7. The smallest absolute Gasteiger partial charge is 0.267 e. The summed E-state index contributed by atoms with van der Waals surface area (Å²) in [6.07, 6.45) is 0. The van der Waals surface area contributed by atoms with Crippen molar-refractivity contribution >= 4 is 46.5 Å². The number of halogens is 4. The van der Waals surface area contributed by atoms with Crippen LogP contribution in [0.4, 0.5) is 17.6 Å². The van der Waals surface area contributed by atoms with Crippen molar-refractivity contribution < 1.29 is 22.7 Å².